The van der Waals surface area contributed by atoms with Gasteiger partial charge in [-0.05, 0) is 34.1 Å². The molecule has 4 fully saturated rings. The van der Waals surface area contributed by atoms with Crippen molar-refractivity contribution < 1.29 is 33.6 Å². The van der Waals surface area contributed by atoms with Crippen molar-refractivity contribution >= 4 is 11.6 Å². The van der Waals surface area contributed by atoms with Crippen LogP contribution in [0.5, 0.6) is 17.2 Å². The number of rotatable bonds is 6. The molecule has 200 valence electrons. The van der Waals surface area contributed by atoms with Crippen LogP contribution in [0, 0.1) is 17.8 Å². The number of phenols is 1. The lowest BCUT2D eigenvalue weighted by Gasteiger charge is -2.62. The van der Waals surface area contributed by atoms with E-state index in [1.54, 1.807) is 13.2 Å². The minimum absolute atomic E-state index is 0.0619. The maximum atomic E-state index is 14.7. The Morgan fingerprint density at radius 3 is 2.51 bits per heavy atom. The lowest BCUT2D eigenvalue weighted by atomic mass is 9.45. The SMILES string of the molecule is C=CC(C)(C)c1c(O)cc(OC)c2c1O[C@]13C4C[C@H](C(=O)[C@]1(CC=C(C)C)OC4(C)C)[C@@H](OC)[C@@H]3C2=O. The largest absolute Gasteiger partial charge is 0.507 e. The van der Waals surface area contributed by atoms with Crippen LogP contribution in [0.15, 0.2) is 30.4 Å². The van der Waals surface area contributed by atoms with Crippen molar-refractivity contribution in [3.63, 3.8) is 0 Å². The highest BCUT2D eigenvalue weighted by Crippen LogP contribution is 2.70. The van der Waals surface area contributed by atoms with E-state index in [1.807, 2.05) is 47.6 Å². The van der Waals surface area contributed by atoms with E-state index in [9.17, 15) is 14.7 Å². The zero-order chi connectivity index (χ0) is 27.3. The number of methoxy groups -OCH3 is 2. The van der Waals surface area contributed by atoms with Crippen LogP contribution in [0.1, 0.15) is 70.3 Å². The highest BCUT2D eigenvalue weighted by Gasteiger charge is 2.85. The first kappa shape index (κ1) is 26.0. The maximum Gasteiger partial charge on any atom is 0.180 e. The number of aromatic hydroxyl groups is 1. The number of phenolic OH excluding ortho intramolecular Hbond substituents is 1. The Labute approximate surface area is 218 Å². The van der Waals surface area contributed by atoms with Crippen molar-refractivity contribution in [2.24, 2.45) is 17.8 Å². The summed E-state index contributed by atoms with van der Waals surface area (Å²) in [7, 11) is 3.01. The Kier molecular flexibility index (Phi) is 5.57. The lowest BCUT2D eigenvalue weighted by molar-refractivity contribution is -0.224. The van der Waals surface area contributed by atoms with Crippen molar-refractivity contribution in [2.45, 2.75) is 82.7 Å². The summed E-state index contributed by atoms with van der Waals surface area (Å²) in [5.41, 5.74) is -2.43. The molecule has 4 bridgehead atoms. The molecule has 2 aliphatic heterocycles. The molecule has 1 aromatic rings. The number of fused-ring (bicyclic) bond motifs is 1. The van der Waals surface area contributed by atoms with Gasteiger partial charge in [-0.2, -0.15) is 0 Å². The van der Waals surface area contributed by atoms with Gasteiger partial charge in [-0.25, -0.2) is 0 Å². The molecule has 0 radical (unpaired) electrons. The van der Waals surface area contributed by atoms with Gasteiger partial charge in [0.25, 0.3) is 0 Å². The van der Waals surface area contributed by atoms with Gasteiger partial charge in [0.05, 0.1) is 24.7 Å². The highest BCUT2D eigenvalue weighted by molar-refractivity contribution is 6.09. The van der Waals surface area contributed by atoms with Gasteiger partial charge in [0.2, 0.25) is 0 Å². The molecule has 1 N–H and O–H groups in total. The smallest absolute Gasteiger partial charge is 0.180 e. The standard InChI is InChI=1S/C30H38O7/c1-10-27(4,5)21-17(31)14-18(34-8)20-23(32)22-24(35-9)16-13-19-28(6,7)37-29(26(16)33,12-11-15(2)3)30(19,22)36-25(20)21/h10-11,14,16,19,22,24,31H,1,12-13H2,2-9H3/t16-,19?,22-,24+,29-,30-/m0/s1. The Hall–Kier alpha value is -2.64. The summed E-state index contributed by atoms with van der Waals surface area (Å²) >= 11 is 0. The van der Waals surface area contributed by atoms with Gasteiger partial charge in [0.1, 0.15) is 22.8 Å². The summed E-state index contributed by atoms with van der Waals surface area (Å²) in [5, 5.41) is 11.2. The van der Waals surface area contributed by atoms with Crippen LogP contribution in [-0.4, -0.2) is 53.8 Å². The number of hydrogen-bond donors (Lipinski definition) is 1. The molecule has 2 heterocycles. The third-order valence-electron chi connectivity index (χ3n) is 9.31. The van der Waals surface area contributed by atoms with Crippen molar-refractivity contribution in [3.05, 3.63) is 41.5 Å². The molecule has 5 aliphatic rings. The second-order valence-electron chi connectivity index (χ2n) is 12.3. The second-order valence-corrected chi connectivity index (χ2v) is 12.3. The number of carbonyl (C=O) groups is 2. The number of Topliss-reactive ketones (excluding diaryl/α,β-unsaturated/α-hetero) is 2. The molecular formula is C30H38O7. The molecule has 37 heavy (non-hydrogen) atoms. The maximum absolute atomic E-state index is 14.7. The van der Waals surface area contributed by atoms with Crippen LogP contribution in [0.25, 0.3) is 0 Å². The van der Waals surface area contributed by atoms with E-state index in [-0.39, 0.29) is 46.7 Å². The number of ketones is 2. The zero-order valence-corrected chi connectivity index (χ0v) is 23.1. The van der Waals surface area contributed by atoms with Crippen LogP contribution in [0.3, 0.4) is 0 Å². The van der Waals surface area contributed by atoms with E-state index >= 15 is 0 Å². The van der Waals surface area contributed by atoms with E-state index in [1.165, 1.54) is 13.2 Å². The van der Waals surface area contributed by atoms with Crippen molar-refractivity contribution in [2.75, 3.05) is 14.2 Å². The fraction of sp³-hybridized carbons (Fsp3) is 0.600. The van der Waals surface area contributed by atoms with Crippen LogP contribution in [0.4, 0.5) is 0 Å². The monoisotopic (exact) mass is 510 g/mol. The zero-order valence-electron chi connectivity index (χ0n) is 23.1. The van der Waals surface area contributed by atoms with Gasteiger partial charge in [-0.15, -0.1) is 6.58 Å². The van der Waals surface area contributed by atoms with E-state index in [4.69, 9.17) is 18.9 Å². The quantitative estimate of drug-likeness (QED) is 0.543. The highest BCUT2D eigenvalue weighted by atomic mass is 16.6. The van der Waals surface area contributed by atoms with Gasteiger partial charge in [-0.3, -0.25) is 9.59 Å². The molecule has 6 atom stereocenters. The lowest BCUT2D eigenvalue weighted by Crippen LogP contribution is -2.80. The molecule has 1 unspecified atom stereocenters. The average Bonchev–Trinajstić information content (AvgIpc) is 2.97. The third kappa shape index (κ3) is 3.01. The Morgan fingerprint density at radius 2 is 1.95 bits per heavy atom. The van der Waals surface area contributed by atoms with Gasteiger partial charge >= 0.3 is 0 Å². The number of ether oxygens (including phenoxy) is 4. The van der Waals surface area contributed by atoms with Crippen molar-refractivity contribution in [1.29, 1.82) is 0 Å². The van der Waals surface area contributed by atoms with Gasteiger partial charge in [0, 0.05) is 42.4 Å². The van der Waals surface area contributed by atoms with Gasteiger partial charge in [0.15, 0.2) is 22.8 Å². The molecule has 1 saturated heterocycles. The van der Waals surface area contributed by atoms with E-state index < -0.39 is 40.2 Å². The number of hydrogen-bond acceptors (Lipinski definition) is 7. The van der Waals surface area contributed by atoms with E-state index in [0.717, 1.165) is 5.57 Å². The summed E-state index contributed by atoms with van der Waals surface area (Å²) in [5.74, 6) is -1.42. The van der Waals surface area contributed by atoms with Crippen LogP contribution in [0.2, 0.25) is 0 Å². The molecule has 3 saturated carbocycles. The Balaban J connectivity index is 1.90. The van der Waals surface area contributed by atoms with Gasteiger partial charge < -0.3 is 24.1 Å². The fourth-order valence-corrected chi connectivity index (χ4v) is 7.67. The summed E-state index contributed by atoms with van der Waals surface area (Å²) in [6.45, 7) is 15.7. The minimum Gasteiger partial charge on any atom is -0.507 e. The molecular weight excluding hydrogens is 472 g/mol. The first-order valence-corrected chi connectivity index (χ1v) is 13.0. The Bertz CT molecular complexity index is 1240. The normalized spacial score (nSPS) is 34.9. The summed E-state index contributed by atoms with van der Waals surface area (Å²) in [4.78, 5) is 29.0. The predicted molar refractivity (Wildman–Crippen MR) is 138 cm³/mol. The van der Waals surface area contributed by atoms with Crippen LogP contribution >= 0.6 is 0 Å². The second kappa shape index (κ2) is 7.93. The summed E-state index contributed by atoms with van der Waals surface area (Å²) in [6, 6.07) is 1.46. The van der Waals surface area contributed by atoms with Crippen LogP contribution in [-0.2, 0) is 19.7 Å². The predicted octanol–water partition coefficient (Wildman–Crippen LogP) is 4.93. The van der Waals surface area contributed by atoms with Crippen molar-refractivity contribution in [1.82, 2.24) is 0 Å². The molecule has 3 aliphatic carbocycles. The minimum atomic E-state index is -1.37. The number of allylic oxidation sites excluding steroid dienone is 2. The Morgan fingerprint density at radius 1 is 1.27 bits per heavy atom. The first-order valence-electron chi connectivity index (χ1n) is 13.0. The summed E-state index contributed by atoms with van der Waals surface area (Å²) in [6.07, 6.45) is 3.83. The molecule has 1 spiro atoms. The third-order valence-corrected chi connectivity index (χ3v) is 9.31. The number of benzene rings is 1. The summed E-state index contributed by atoms with van der Waals surface area (Å²) < 4.78 is 25.4. The first-order chi connectivity index (χ1) is 17.2. The molecule has 7 heteroatoms. The molecule has 0 amide bonds. The average molecular weight is 511 g/mol. The van der Waals surface area contributed by atoms with Crippen molar-refractivity contribution in [3.8, 4) is 17.2 Å². The van der Waals surface area contributed by atoms with Crippen LogP contribution < -0.4 is 9.47 Å². The van der Waals surface area contributed by atoms with E-state index in [2.05, 4.69) is 6.58 Å². The molecule has 7 nitrogen and oxygen atoms in total. The fourth-order valence-electron chi connectivity index (χ4n) is 7.67. The topological polar surface area (TPSA) is 91.3 Å². The molecule has 6 rings (SSSR count). The molecule has 1 aromatic carbocycles. The van der Waals surface area contributed by atoms with E-state index in [0.29, 0.717) is 12.0 Å². The number of carbonyl (C=O) groups excluding carboxylic acids is 2. The molecule has 0 aromatic heterocycles. The van der Waals surface area contributed by atoms with Gasteiger partial charge in [-0.1, -0.05) is 31.6 Å².